The molecule has 0 N–H and O–H groups in total. The Labute approximate surface area is 145 Å². The average Bonchev–Trinajstić information content (AvgIpc) is 2.91. The molecule has 0 unspecified atom stereocenters. The van der Waals surface area contributed by atoms with Crippen molar-refractivity contribution in [2.24, 2.45) is 0 Å². The van der Waals surface area contributed by atoms with Crippen LogP contribution in [0, 0.1) is 0 Å². The van der Waals surface area contributed by atoms with E-state index in [9.17, 15) is 9.59 Å². The average molecular weight is 338 g/mol. The number of ether oxygens (including phenoxy) is 3. The second-order valence-electron chi connectivity index (χ2n) is 5.73. The Bertz CT molecular complexity index is 782. The van der Waals surface area contributed by atoms with Crippen LogP contribution in [0.25, 0.3) is 6.08 Å². The van der Waals surface area contributed by atoms with E-state index in [1.807, 2.05) is 60.7 Å². The van der Waals surface area contributed by atoms with E-state index in [1.165, 1.54) is 13.0 Å². The summed E-state index contributed by atoms with van der Waals surface area (Å²) in [6.07, 6.45) is 2.11. The molecule has 0 spiro atoms. The van der Waals surface area contributed by atoms with Crippen LogP contribution in [-0.2, 0) is 30.2 Å². The van der Waals surface area contributed by atoms with E-state index in [2.05, 4.69) is 0 Å². The van der Waals surface area contributed by atoms with Crippen molar-refractivity contribution < 1.29 is 23.8 Å². The van der Waals surface area contributed by atoms with Gasteiger partial charge in [-0.1, -0.05) is 60.7 Å². The standard InChI is InChI=1S/C20H18O5/c1-20(19(22)23-13-12-15-8-4-2-5-9-15)24-17(18(21)25-20)14-16-10-6-3-7-11-16/h2-11,14H,12-13H2,1H3/b17-14-/t20-/m0/s1. The van der Waals surface area contributed by atoms with Gasteiger partial charge in [-0.3, -0.25) is 0 Å². The Kier molecular flexibility index (Phi) is 4.84. The SMILES string of the molecule is C[C@@]1(C(=O)OCCc2ccccc2)OC(=O)/C(=C/c2ccccc2)O1. The Morgan fingerprint density at radius 1 is 1.04 bits per heavy atom. The van der Waals surface area contributed by atoms with Gasteiger partial charge in [0.1, 0.15) is 0 Å². The molecule has 1 heterocycles. The molecular weight excluding hydrogens is 320 g/mol. The molecule has 5 nitrogen and oxygen atoms in total. The summed E-state index contributed by atoms with van der Waals surface area (Å²) in [5, 5.41) is 0. The first-order valence-electron chi connectivity index (χ1n) is 7.97. The Balaban J connectivity index is 1.61. The largest absolute Gasteiger partial charge is 0.460 e. The fourth-order valence-corrected chi connectivity index (χ4v) is 2.41. The fourth-order valence-electron chi connectivity index (χ4n) is 2.41. The molecule has 5 heteroatoms. The van der Waals surface area contributed by atoms with Gasteiger partial charge in [-0.05, 0) is 17.2 Å². The van der Waals surface area contributed by atoms with Crippen LogP contribution in [0.1, 0.15) is 18.1 Å². The van der Waals surface area contributed by atoms with E-state index in [-0.39, 0.29) is 12.4 Å². The lowest BCUT2D eigenvalue weighted by molar-refractivity contribution is -0.200. The summed E-state index contributed by atoms with van der Waals surface area (Å²) in [5.41, 5.74) is 1.82. The highest BCUT2D eigenvalue weighted by Gasteiger charge is 2.49. The third-order valence-corrected chi connectivity index (χ3v) is 3.73. The molecule has 1 aliphatic rings. The first kappa shape index (κ1) is 16.8. The summed E-state index contributed by atoms with van der Waals surface area (Å²) in [6.45, 7) is 1.55. The molecule has 1 atom stereocenters. The van der Waals surface area contributed by atoms with Crippen molar-refractivity contribution >= 4 is 18.0 Å². The van der Waals surface area contributed by atoms with Crippen molar-refractivity contribution in [3.63, 3.8) is 0 Å². The number of hydrogen-bond acceptors (Lipinski definition) is 5. The zero-order valence-electron chi connectivity index (χ0n) is 13.8. The third-order valence-electron chi connectivity index (χ3n) is 3.73. The highest BCUT2D eigenvalue weighted by molar-refractivity contribution is 5.97. The van der Waals surface area contributed by atoms with E-state index in [4.69, 9.17) is 14.2 Å². The van der Waals surface area contributed by atoms with Crippen LogP contribution in [0.2, 0.25) is 0 Å². The van der Waals surface area contributed by atoms with Crippen molar-refractivity contribution in [2.75, 3.05) is 6.61 Å². The molecule has 1 fully saturated rings. The molecular formula is C20H18O5. The van der Waals surface area contributed by atoms with Crippen molar-refractivity contribution in [1.29, 1.82) is 0 Å². The van der Waals surface area contributed by atoms with Crippen LogP contribution in [0.4, 0.5) is 0 Å². The monoisotopic (exact) mass is 338 g/mol. The molecule has 128 valence electrons. The number of esters is 2. The minimum atomic E-state index is -1.76. The number of benzene rings is 2. The highest BCUT2D eigenvalue weighted by atomic mass is 16.8. The molecule has 0 aliphatic carbocycles. The molecule has 3 rings (SSSR count). The number of carbonyl (C=O) groups excluding carboxylic acids is 2. The van der Waals surface area contributed by atoms with Crippen molar-refractivity contribution in [1.82, 2.24) is 0 Å². The summed E-state index contributed by atoms with van der Waals surface area (Å²) in [4.78, 5) is 24.2. The van der Waals surface area contributed by atoms with Crippen LogP contribution >= 0.6 is 0 Å². The van der Waals surface area contributed by atoms with Gasteiger partial charge in [-0.25, -0.2) is 9.59 Å². The highest BCUT2D eigenvalue weighted by Crippen LogP contribution is 2.29. The lowest BCUT2D eigenvalue weighted by Gasteiger charge is -2.19. The number of cyclic esters (lactones) is 1. The molecule has 25 heavy (non-hydrogen) atoms. The van der Waals surface area contributed by atoms with E-state index in [0.29, 0.717) is 6.42 Å². The van der Waals surface area contributed by atoms with Gasteiger partial charge in [0.05, 0.1) is 6.61 Å². The predicted octanol–water partition coefficient (Wildman–Crippen LogP) is 3.10. The van der Waals surface area contributed by atoms with Gasteiger partial charge in [-0.15, -0.1) is 0 Å². The van der Waals surface area contributed by atoms with Crippen molar-refractivity contribution in [3.05, 3.63) is 77.5 Å². The lowest BCUT2D eigenvalue weighted by Crippen LogP contribution is -2.38. The summed E-state index contributed by atoms with van der Waals surface area (Å²) in [5.74, 6) is -3.19. The van der Waals surface area contributed by atoms with Crippen LogP contribution < -0.4 is 0 Å². The quantitative estimate of drug-likeness (QED) is 0.619. The maximum Gasteiger partial charge on any atom is 0.392 e. The van der Waals surface area contributed by atoms with E-state index in [1.54, 1.807) is 0 Å². The van der Waals surface area contributed by atoms with Gasteiger partial charge in [0.15, 0.2) is 0 Å². The van der Waals surface area contributed by atoms with Crippen molar-refractivity contribution in [3.8, 4) is 0 Å². The van der Waals surface area contributed by atoms with Gasteiger partial charge in [0.25, 0.3) is 0 Å². The van der Waals surface area contributed by atoms with Gasteiger partial charge in [0, 0.05) is 13.3 Å². The number of rotatable bonds is 5. The minimum absolute atomic E-state index is 0.0197. The number of hydrogen-bond donors (Lipinski definition) is 0. The van der Waals surface area contributed by atoms with Gasteiger partial charge < -0.3 is 14.2 Å². The van der Waals surface area contributed by atoms with E-state index >= 15 is 0 Å². The minimum Gasteiger partial charge on any atom is -0.460 e. The second-order valence-corrected chi connectivity index (χ2v) is 5.73. The molecule has 2 aromatic rings. The fraction of sp³-hybridized carbons (Fsp3) is 0.200. The predicted molar refractivity (Wildman–Crippen MR) is 91.1 cm³/mol. The Morgan fingerprint density at radius 2 is 1.68 bits per heavy atom. The first-order chi connectivity index (χ1) is 12.1. The zero-order valence-corrected chi connectivity index (χ0v) is 13.8. The first-order valence-corrected chi connectivity index (χ1v) is 7.97. The van der Waals surface area contributed by atoms with E-state index < -0.39 is 17.7 Å². The molecule has 0 saturated carbocycles. The van der Waals surface area contributed by atoms with Crippen molar-refractivity contribution in [2.45, 2.75) is 19.1 Å². The normalized spacial score (nSPS) is 20.8. The van der Waals surface area contributed by atoms with Crippen LogP contribution in [0.15, 0.2) is 66.4 Å². The Morgan fingerprint density at radius 3 is 2.36 bits per heavy atom. The molecule has 0 amide bonds. The van der Waals surface area contributed by atoms with Gasteiger partial charge in [-0.2, -0.15) is 0 Å². The van der Waals surface area contributed by atoms with Crippen LogP contribution in [-0.4, -0.2) is 24.3 Å². The maximum atomic E-state index is 12.2. The Hall–Kier alpha value is -3.08. The summed E-state index contributed by atoms with van der Waals surface area (Å²) >= 11 is 0. The molecule has 2 aromatic carbocycles. The molecule has 0 aromatic heterocycles. The van der Waals surface area contributed by atoms with Gasteiger partial charge in [0.2, 0.25) is 5.76 Å². The van der Waals surface area contributed by atoms with Crippen LogP contribution in [0.5, 0.6) is 0 Å². The second kappa shape index (κ2) is 7.21. The topological polar surface area (TPSA) is 61.8 Å². The zero-order chi connectivity index (χ0) is 17.7. The van der Waals surface area contributed by atoms with Gasteiger partial charge >= 0.3 is 17.7 Å². The summed E-state index contributed by atoms with van der Waals surface area (Å²) in [6, 6.07) is 18.8. The molecule has 1 saturated heterocycles. The molecule has 0 bridgehead atoms. The van der Waals surface area contributed by atoms with Crippen LogP contribution in [0.3, 0.4) is 0 Å². The lowest BCUT2D eigenvalue weighted by atomic mass is 10.2. The summed E-state index contributed by atoms with van der Waals surface area (Å²) in [7, 11) is 0. The third kappa shape index (κ3) is 4.07. The van der Waals surface area contributed by atoms with E-state index in [0.717, 1.165) is 11.1 Å². The molecule has 1 aliphatic heterocycles. The smallest absolute Gasteiger partial charge is 0.392 e. The maximum absolute atomic E-state index is 12.2. The summed E-state index contributed by atoms with van der Waals surface area (Å²) < 4.78 is 15.8. The molecule has 0 radical (unpaired) electrons. The number of carbonyl (C=O) groups is 2.